The molecule has 0 heterocycles. The Bertz CT molecular complexity index is 862. The molecule has 0 spiro atoms. The van der Waals surface area contributed by atoms with Gasteiger partial charge < -0.3 is 10.2 Å². The van der Waals surface area contributed by atoms with Crippen LogP contribution < -0.4 is 10.2 Å². The fraction of sp³-hybridized carbons (Fsp3) is 0.294. The first-order chi connectivity index (χ1) is 11.7. The van der Waals surface area contributed by atoms with Crippen molar-refractivity contribution in [1.82, 2.24) is 0 Å². The van der Waals surface area contributed by atoms with Crippen molar-refractivity contribution in [3.8, 4) is 0 Å². The van der Waals surface area contributed by atoms with Crippen LogP contribution in [0.4, 0.5) is 17.1 Å². The second kappa shape index (κ2) is 7.52. The van der Waals surface area contributed by atoms with Gasteiger partial charge in [0.25, 0.3) is 0 Å². The summed E-state index contributed by atoms with van der Waals surface area (Å²) in [6, 6.07) is 12.3. The van der Waals surface area contributed by atoms with Gasteiger partial charge in [-0.2, -0.15) is 0 Å². The molecular formula is C17H21N3O4S. The highest BCUT2D eigenvalue weighted by atomic mass is 32.2. The number of nitro benzene ring substituents is 1. The average molecular weight is 363 g/mol. The highest BCUT2D eigenvalue weighted by Gasteiger charge is 2.25. The Kier molecular flexibility index (Phi) is 5.63. The first kappa shape index (κ1) is 18.7. The topological polar surface area (TPSA) is 92.6 Å². The molecule has 2 aromatic carbocycles. The van der Waals surface area contributed by atoms with E-state index >= 15 is 0 Å². The number of para-hydroxylation sites is 1. The zero-order valence-electron chi connectivity index (χ0n) is 14.4. The van der Waals surface area contributed by atoms with Gasteiger partial charge >= 0.3 is 5.69 Å². The van der Waals surface area contributed by atoms with Gasteiger partial charge in [0.2, 0.25) is 0 Å². The zero-order valence-corrected chi connectivity index (χ0v) is 15.2. The number of benzene rings is 2. The van der Waals surface area contributed by atoms with Crippen molar-refractivity contribution >= 4 is 26.9 Å². The van der Waals surface area contributed by atoms with E-state index in [4.69, 9.17) is 0 Å². The first-order valence-electron chi connectivity index (χ1n) is 7.67. The van der Waals surface area contributed by atoms with Crippen LogP contribution >= 0.6 is 0 Å². The number of nitro groups is 1. The molecule has 0 amide bonds. The lowest BCUT2D eigenvalue weighted by atomic mass is 10.1. The standard InChI is InChI=1S/C17H21N3O4S/c1-19(2)14-9-7-13(8-10-14)11-12-18-15-5-4-6-16(25(3,23)24)17(15)20(21)22/h4-10,18H,11-12H2,1-3H3. The van der Waals surface area contributed by atoms with E-state index < -0.39 is 20.4 Å². The normalized spacial score (nSPS) is 11.2. The number of sulfone groups is 1. The number of nitrogens with one attached hydrogen (secondary N) is 1. The molecule has 0 aliphatic heterocycles. The molecule has 0 radical (unpaired) electrons. The molecular weight excluding hydrogens is 342 g/mol. The van der Waals surface area contributed by atoms with Crippen LogP contribution in [-0.2, 0) is 16.3 Å². The SMILES string of the molecule is CN(C)c1ccc(CCNc2cccc(S(C)(=O)=O)c2[N+](=O)[O-])cc1. The lowest BCUT2D eigenvalue weighted by Crippen LogP contribution is -2.10. The molecule has 0 saturated heterocycles. The Hall–Kier alpha value is -2.61. The minimum absolute atomic E-state index is 0.206. The number of anilines is 2. The Labute approximate surface area is 147 Å². The second-order valence-electron chi connectivity index (χ2n) is 5.92. The van der Waals surface area contributed by atoms with Gasteiger partial charge in [0.15, 0.2) is 9.84 Å². The molecule has 0 saturated carbocycles. The lowest BCUT2D eigenvalue weighted by Gasteiger charge is -2.13. The molecule has 0 atom stereocenters. The maximum absolute atomic E-state index is 11.8. The first-order valence-corrected chi connectivity index (χ1v) is 9.57. The summed E-state index contributed by atoms with van der Waals surface area (Å²) in [6.07, 6.45) is 1.62. The van der Waals surface area contributed by atoms with Crippen LogP contribution in [0.25, 0.3) is 0 Å². The molecule has 0 unspecified atom stereocenters. The summed E-state index contributed by atoms with van der Waals surface area (Å²) in [4.78, 5) is 12.4. The third kappa shape index (κ3) is 4.69. The van der Waals surface area contributed by atoms with Crippen molar-refractivity contribution in [2.24, 2.45) is 0 Å². The van der Waals surface area contributed by atoms with Gasteiger partial charge in [-0.25, -0.2) is 8.42 Å². The van der Waals surface area contributed by atoms with E-state index in [1.807, 2.05) is 43.3 Å². The lowest BCUT2D eigenvalue weighted by molar-refractivity contribution is -0.386. The summed E-state index contributed by atoms with van der Waals surface area (Å²) in [7, 11) is 0.248. The molecule has 2 aromatic rings. The summed E-state index contributed by atoms with van der Waals surface area (Å²) in [6.45, 7) is 0.454. The largest absolute Gasteiger partial charge is 0.379 e. The van der Waals surface area contributed by atoms with Gasteiger partial charge in [-0.05, 0) is 36.2 Å². The van der Waals surface area contributed by atoms with Crippen LogP contribution in [0.5, 0.6) is 0 Å². The van der Waals surface area contributed by atoms with Crippen molar-refractivity contribution < 1.29 is 13.3 Å². The van der Waals surface area contributed by atoms with Crippen LogP contribution in [-0.4, -0.2) is 40.2 Å². The van der Waals surface area contributed by atoms with Gasteiger partial charge in [0, 0.05) is 32.6 Å². The highest BCUT2D eigenvalue weighted by Crippen LogP contribution is 2.31. The van der Waals surface area contributed by atoms with Gasteiger partial charge in [-0.3, -0.25) is 10.1 Å². The third-order valence-electron chi connectivity index (χ3n) is 3.76. The minimum atomic E-state index is -3.68. The fourth-order valence-corrected chi connectivity index (χ4v) is 3.32. The molecule has 0 aliphatic carbocycles. The van der Waals surface area contributed by atoms with Crippen LogP contribution in [0.1, 0.15) is 5.56 Å². The predicted molar refractivity (Wildman–Crippen MR) is 99.2 cm³/mol. The maximum atomic E-state index is 11.8. The molecule has 0 fully saturated rings. The minimum Gasteiger partial charge on any atom is -0.379 e. The van der Waals surface area contributed by atoms with Gasteiger partial charge in [-0.1, -0.05) is 18.2 Å². The van der Waals surface area contributed by atoms with E-state index in [0.717, 1.165) is 17.5 Å². The van der Waals surface area contributed by atoms with E-state index in [1.165, 1.54) is 18.2 Å². The molecule has 25 heavy (non-hydrogen) atoms. The predicted octanol–water partition coefficient (Wildman–Crippen LogP) is 2.72. The number of rotatable bonds is 7. The van der Waals surface area contributed by atoms with Crippen LogP contribution in [0.15, 0.2) is 47.4 Å². The second-order valence-corrected chi connectivity index (χ2v) is 7.90. The molecule has 0 bridgehead atoms. The fourth-order valence-electron chi connectivity index (χ4n) is 2.45. The molecule has 134 valence electrons. The van der Waals surface area contributed by atoms with Crippen molar-refractivity contribution in [2.45, 2.75) is 11.3 Å². The van der Waals surface area contributed by atoms with Gasteiger partial charge in [-0.15, -0.1) is 0 Å². The van der Waals surface area contributed by atoms with Crippen molar-refractivity contribution in [1.29, 1.82) is 0 Å². The van der Waals surface area contributed by atoms with E-state index in [-0.39, 0.29) is 10.6 Å². The van der Waals surface area contributed by atoms with Crippen LogP contribution in [0.3, 0.4) is 0 Å². The molecule has 0 aliphatic rings. The molecule has 1 N–H and O–H groups in total. The Morgan fingerprint density at radius 3 is 2.28 bits per heavy atom. The van der Waals surface area contributed by atoms with Gasteiger partial charge in [0.1, 0.15) is 10.6 Å². The summed E-state index contributed by atoms with van der Waals surface area (Å²) >= 11 is 0. The summed E-state index contributed by atoms with van der Waals surface area (Å²) in [5, 5.41) is 14.3. The molecule has 0 aromatic heterocycles. The summed E-state index contributed by atoms with van der Waals surface area (Å²) in [5.74, 6) is 0. The van der Waals surface area contributed by atoms with Gasteiger partial charge in [0.05, 0.1) is 4.92 Å². The molecule has 8 heteroatoms. The van der Waals surface area contributed by atoms with Crippen molar-refractivity contribution in [2.75, 3.05) is 37.1 Å². The number of nitrogens with zero attached hydrogens (tertiary/aromatic N) is 2. The maximum Gasteiger partial charge on any atom is 0.310 e. The Morgan fingerprint density at radius 2 is 1.76 bits per heavy atom. The molecule has 7 nitrogen and oxygen atoms in total. The zero-order chi connectivity index (χ0) is 18.6. The molecule has 2 rings (SSSR count). The van der Waals surface area contributed by atoms with Crippen molar-refractivity contribution in [3.05, 3.63) is 58.1 Å². The Morgan fingerprint density at radius 1 is 1.12 bits per heavy atom. The van der Waals surface area contributed by atoms with E-state index in [2.05, 4.69) is 5.32 Å². The summed E-state index contributed by atoms with van der Waals surface area (Å²) < 4.78 is 23.5. The van der Waals surface area contributed by atoms with Crippen LogP contribution in [0, 0.1) is 10.1 Å². The van der Waals surface area contributed by atoms with E-state index in [0.29, 0.717) is 13.0 Å². The summed E-state index contributed by atoms with van der Waals surface area (Å²) in [5.41, 5.74) is 1.97. The monoisotopic (exact) mass is 363 g/mol. The smallest absolute Gasteiger partial charge is 0.310 e. The van der Waals surface area contributed by atoms with E-state index in [9.17, 15) is 18.5 Å². The number of hydrogen-bond acceptors (Lipinski definition) is 6. The van der Waals surface area contributed by atoms with Crippen LogP contribution in [0.2, 0.25) is 0 Å². The Balaban J connectivity index is 2.14. The number of hydrogen-bond donors (Lipinski definition) is 1. The third-order valence-corrected chi connectivity index (χ3v) is 4.89. The van der Waals surface area contributed by atoms with Crippen molar-refractivity contribution in [3.63, 3.8) is 0 Å². The average Bonchev–Trinajstić information content (AvgIpc) is 2.54. The van der Waals surface area contributed by atoms with E-state index in [1.54, 1.807) is 0 Å². The highest BCUT2D eigenvalue weighted by molar-refractivity contribution is 7.90. The quantitative estimate of drug-likeness (QED) is 0.601.